The first kappa shape index (κ1) is 19.7. The molecule has 3 aromatic heterocycles. The van der Waals surface area contributed by atoms with Gasteiger partial charge in [-0.25, -0.2) is 9.97 Å². The predicted molar refractivity (Wildman–Crippen MR) is 117 cm³/mol. The van der Waals surface area contributed by atoms with Crippen molar-refractivity contribution in [1.29, 1.82) is 0 Å². The van der Waals surface area contributed by atoms with Crippen molar-refractivity contribution in [2.45, 2.75) is 0 Å². The third-order valence-corrected chi connectivity index (χ3v) is 5.39. The fourth-order valence-corrected chi connectivity index (χ4v) is 3.88. The van der Waals surface area contributed by atoms with Gasteiger partial charge in [0.15, 0.2) is 11.5 Å². The molecule has 0 bridgehead atoms. The van der Waals surface area contributed by atoms with Gasteiger partial charge in [0.1, 0.15) is 0 Å². The summed E-state index contributed by atoms with van der Waals surface area (Å²) in [5.74, 6) is 2.70. The van der Waals surface area contributed by atoms with Crippen LogP contribution >= 0.6 is 11.3 Å². The Labute approximate surface area is 177 Å². The van der Waals surface area contributed by atoms with Gasteiger partial charge in [-0.3, -0.25) is 0 Å². The van der Waals surface area contributed by atoms with Crippen LogP contribution in [0, 0.1) is 0 Å². The van der Waals surface area contributed by atoms with E-state index in [4.69, 9.17) is 23.9 Å². The van der Waals surface area contributed by atoms with Crippen molar-refractivity contribution in [2.75, 3.05) is 33.8 Å². The molecule has 1 aromatic carbocycles. The standard InChI is InChI=1S/C21H20N4O4S/c1-26-15-7-5-12(9-16(15)27-2)23-21-22-10-17-19(25-21)14(11-30-17)13-6-8-18(28-3)24-20(13)29-4/h5-11H,1-4H3,(H,22,23,25). The van der Waals surface area contributed by atoms with Gasteiger partial charge in [0, 0.05) is 34.3 Å². The van der Waals surface area contributed by atoms with Crippen molar-refractivity contribution in [3.05, 3.63) is 41.9 Å². The Morgan fingerprint density at radius 2 is 1.67 bits per heavy atom. The van der Waals surface area contributed by atoms with Crippen LogP contribution in [-0.2, 0) is 0 Å². The summed E-state index contributed by atoms with van der Waals surface area (Å²) in [7, 11) is 6.35. The van der Waals surface area contributed by atoms with Gasteiger partial charge in [0.05, 0.1) is 44.9 Å². The summed E-state index contributed by atoms with van der Waals surface area (Å²) in [5.41, 5.74) is 3.34. The molecule has 9 heteroatoms. The van der Waals surface area contributed by atoms with E-state index in [2.05, 4.69) is 15.3 Å². The molecular weight excluding hydrogens is 404 g/mol. The zero-order valence-corrected chi connectivity index (χ0v) is 17.7. The number of pyridine rings is 1. The monoisotopic (exact) mass is 424 g/mol. The summed E-state index contributed by atoms with van der Waals surface area (Å²) >= 11 is 1.56. The molecule has 0 atom stereocenters. The van der Waals surface area contributed by atoms with E-state index in [1.807, 2.05) is 29.6 Å². The number of fused-ring (bicyclic) bond motifs is 1. The minimum absolute atomic E-state index is 0.467. The molecule has 4 aromatic rings. The van der Waals surface area contributed by atoms with Crippen molar-refractivity contribution in [3.63, 3.8) is 0 Å². The number of hydrogen-bond acceptors (Lipinski definition) is 9. The molecule has 8 nitrogen and oxygen atoms in total. The Kier molecular flexibility index (Phi) is 5.53. The Bertz CT molecular complexity index is 1200. The maximum atomic E-state index is 5.46. The fraction of sp³-hybridized carbons (Fsp3) is 0.190. The minimum atomic E-state index is 0.467. The summed E-state index contributed by atoms with van der Waals surface area (Å²) in [5, 5.41) is 5.24. The molecule has 0 aliphatic carbocycles. The third-order valence-electron chi connectivity index (χ3n) is 4.48. The average Bonchev–Trinajstić information content (AvgIpc) is 3.21. The normalized spacial score (nSPS) is 10.7. The summed E-state index contributed by atoms with van der Waals surface area (Å²) in [6, 6.07) is 9.24. The Morgan fingerprint density at radius 1 is 0.833 bits per heavy atom. The van der Waals surface area contributed by atoms with E-state index in [0.717, 1.165) is 27.0 Å². The van der Waals surface area contributed by atoms with Crippen LogP contribution < -0.4 is 24.3 Å². The van der Waals surface area contributed by atoms with E-state index in [1.54, 1.807) is 52.0 Å². The van der Waals surface area contributed by atoms with Crippen molar-refractivity contribution >= 4 is 33.2 Å². The van der Waals surface area contributed by atoms with Gasteiger partial charge in [-0.05, 0) is 18.2 Å². The SMILES string of the molecule is COc1ccc(-c2csc3cnc(Nc4ccc(OC)c(OC)c4)nc23)c(OC)n1. The zero-order chi connectivity index (χ0) is 21.1. The van der Waals surface area contributed by atoms with Gasteiger partial charge in [-0.15, -0.1) is 11.3 Å². The number of aromatic nitrogens is 3. The maximum absolute atomic E-state index is 5.46. The van der Waals surface area contributed by atoms with Crippen LogP contribution in [0.25, 0.3) is 21.3 Å². The number of benzene rings is 1. The van der Waals surface area contributed by atoms with Crippen molar-refractivity contribution in [2.24, 2.45) is 0 Å². The van der Waals surface area contributed by atoms with E-state index in [-0.39, 0.29) is 0 Å². The van der Waals surface area contributed by atoms with Gasteiger partial charge < -0.3 is 24.3 Å². The first-order chi connectivity index (χ1) is 14.7. The Hall–Kier alpha value is -3.59. The summed E-state index contributed by atoms with van der Waals surface area (Å²) in [4.78, 5) is 13.5. The van der Waals surface area contributed by atoms with Crippen LogP contribution in [0.5, 0.6) is 23.3 Å². The van der Waals surface area contributed by atoms with E-state index in [1.165, 1.54) is 0 Å². The lowest BCUT2D eigenvalue weighted by Gasteiger charge is -2.11. The van der Waals surface area contributed by atoms with Crippen LogP contribution in [0.1, 0.15) is 0 Å². The summed E-state index contributed by atoms with van der Waals surface area (Å²) in [6.45, 7) is 0. The second kappa shape index (κ2) is 8.42. The molecule has 0 spiro atoms. The van der Waals surface area contributed by atoms with E-state index >= 15 is 0 Å². The number of nitrogens with one attached hydrogen (secondary N) is 1. The smallest absolute Gasteiger partial charge is 0.227 e. The molecule has 0 aliphatic heterocycles. The number of anilines is 2. The second-order valence-electron chi connectivity index (χ2n) is 6.16. The lowest BCUT2D eigenvalue weighted by molar-refractivity contribution is 0.355. The number of thiophene rings is 1. The van der Waals surface area contributed by atoms with Crippen LogP contribution in [-0.4, -0.2) is 43.4 Å². The van der Waals surface area contributed by atoms with Crippen LogP contribution in [0.3, 0.4) is 0 Å². The lowest BCUT2D eigenvalue weighted by atomic mass is 10.1. The lowest BCUT2D eigenvalue weighted by Crippen LogP contribution is -1.98. The predicted octanol–water partition coefficient (Wildman–Crippen LogP) is 4.53. The number of rotatable bonds is 7. The molecule has 0 amide bonds. The van der Waals surface area contributed by atoms with Crippen LogP contribution in [0.4, 0.5) is 11.6 Å². The van der Waals surface area contributed by atoms with Crippen molar-refractivity contribution in [3.8, 4) is 34.4 Å². The Morgan fingerprint density at radius 3 is 2.40 bits per heavy atom. The maximum Gasteiger partial charge on any atom is 0.227 e. The van der Waals surface area contributed by atoms with Gasteiger partial charge in [0.25, 0.3) is 0 Å². The van der Waals surface area contributed by atoms with Gasteiger partial charge in [-0.1, -0.05) is 0 Å². The molecule has 0 aliphatic rings. The summed E-state index contributed by atoms with van der Waals surface area (Å²) < 4.78 is 22.3. The molecule has 154 valence electrons. The molecule has 0 saturated heterocycles. The highest BCUT2D eigenvalue weighted by molar-refractivity contribution is 7.17. The largest absolute Gasteiger partial charge is 0.493 e. The number of methoxy groups -OCH3 is 4. The zero-order valence-electron chi connectivity index (χ0n) is 16.9. The highest BCUT2D eigenvalue weighted by Gasteiger charge is 2.16. The van der Waals surface area contributed by atoms with E-state index in [9.17, 15) is 0 Å². The number of hydrogen-bond donors (Lipinski definition) is 1. The molecule has 0 saturated carbocycles. The summed E-state index contributed by atoms with van der Waals surface area (Å²) in [6.07, 6.45) is 1.79. The molecule has 1 N–H and O–H groups in total. The molecule has 0 fully saturated rings. The highest BCUT2D eigenvalue weighted by atomic mass is 32.1. The third kappa shape index (κ3) is 3.67. The molecule has 30 heavy (non-hydrogen) atoms. The fourth-order valence-electron chi connectivity index (χ4n) is 3.02. The van der Waals surface area contributed by atoms with Crippen molar-refractivity contribution in [1.82, 2.24) is 15.0 Å². The molecule has 0 radical (unpaired) electrons. The molecular formula is C21H20N4O4S. The first-order valence-corrected chi connectivity index (χ1v) is 9.87. The topological polar surface area (TPSA) is 87.6 Å². The van der Waals surface area contributed by atoms with Crippen LogP contribution in [0.15, 0.2) is 41.9 Å². The number of ether oxygens (including phenoxy) is 4. The minimum Gasteiger partial charge on any atom is -0.493 e. The van der Waals surface area contributed by atoms with E-state index in [0.29, 0.717) is 29.2 Å². The highest BCUT2D eigenvalue weighted by Crippen LogP contribution is 2.38. The van der Waals surface area contributed by atoms with Crippen LogP contribution in [0.2, 0.25) is 0 Å². The number of nitrogens with zero attached hydrogens (tertiary/aromatic N) is 3. The molecule has 0 unspecified atom stereocenters. The van der Waals surface area contributed by atoms with Gasteiger partial charge >= 0.3 is 0 Å². The quantitative estimate of drug-likeness (QED) is 0.463. The van der Waals surface area contributed by atoms with Gasteiger partial charge in [-0.2, -0.15) is 4.98 Å². The first-order valence-electron chi connectivity index (χ1n) is 8.99. The molecule has 3 heterocycles. The van der Waals surface area contributed by atoms with Gasteiger partial charge in [0.2, 0.25) is 17.7 Å². The Balaban J connectivity index is 1.72. The van der Waals surface area contributed by atoms with E-state index < -0.39 is 0 Å². The van der Waals surface area contributed by atoms with Crippen molar-refractivity contribution < 1.29 is 18.9 Å². The molecule has 4 rings (SSSR count). The average molecular weight is 424 g/mol. The second-order valence-corrected chi connectivity index (χ2v) is 7.07.